The quantitative estimate of drug-likeness (QED) is 0.652. The molecular formula is C16H16Br2ClN. The van der Waals surface area contributed by atoms with Crippen LogP contribution in [0.15, 0.2) is 51.4 Å². The highest BCUT2D eigenvalue weighted by molar-refractivity contribution is 9.10. The van der Waals surface area contributed by atoms with E-state index >= 15 is 0 Å². The third-order valence-electron chi connectivity index (χ3n) is 3.13. The van der Waals surface area contributed by atoms with Crippen LogP contribution >= 0.6 is 43.5 Å². The van der Waals surface area contributed by atoms with E-state index in [1.54, 1.807) is 0 Å². The van der Waals surface area contributed by atoms with Crippen LogP contribution in [-0.2, 0) is 6.42 Å². The van der Waals surface area contributed by atoms with Gasteiger partial charge in [0, 0.05) is 15.0 Å². The Bertz CT molecular complexity index is 586. The van der Waals surface area contributed by atoms with Gasteiger partial charge in [0.25, 0.3) is 0 Å². The Hall–Kier alpha value is -0.350. The Morgan fingerprint density at radius 3 is 2.60 bits per heavy atom. The molecule has 0 radical (unpaired) electrons. The highest BCUT2D eigenvalue weighted by Gasteiger charge is 2.12. The molecule has 0 aliphatic carbocycles. The van der Waals surface area contributed by atoms with Gasteiger partial charge in [-0.3, -0.25) is 0 Å². The first kappa shape index (κ1) is 16.0. The van der Waals surface area contributed by atoms with Crippen LogP contribution in [0.5, 0.6) is 0 Å². The van der Waals surface area contributed by atoms with Crippen LogP contribution in [0.25, 0.3) is 0 Å². The fraction of sp³-hybridized carbons (Fsp3) is 0.250. The van der Waals surface area contributed by atoms with E-state index in [2.05, 4.69) is 74.4 Å². The van der Waals surface area contributed by atoms with Gasteiger partial charge in [-0.1, -0.05) is 52.7 Å². The normalized spacial score (nSPS) is 12.4. The second kappa shape index (κ2) is 7.60. The molecule has 0 amide bonds. The Morgan fingerprint density at radius 1 is 1.15 bits per heavy atom. The van der Waals surface area contributed by atoms with E-state index in [4.69, 9.17) is 11.6 Å². The van der Waals surface area contributed by atoms with Crippen molar-refractivity contribution in [3.8, 4) is 0 Å². The van der Waals surface area contributed by atoms with Gasteiger partial charge in [0.2, 0.25) is 0 Å². The lowest BCUT2D eigenvalue weighted by Gasteiger charge is -2.19. The van der Waals surface area contributed by atoms with Gasteiger partial charge in [0.1, 0.15) is 0 Å². The van der Waals surface area contributed by atoms with Crippen molar-refractivity contribution < 1.29 is 0 Å². The molecule has 20 heavy (non-hydrogen) atoms. The van der Waals surface area contributed by atoms with Crippen molar-refractivity contribution in [2.75, 3.05) is 6.54 Å². The summed E-state index contributed by atoms with van der Waals surface area (Å²) in [7, 11) is 0. The molecule has 1 nitrogen and oxygen atoms in total. The molecule has 4 heteroatoms. The lowest BCUT2D eigenvalue weighted by molar-refractivity contribution is 0.549. The lowest BCUT2D eigenvalue weighted by Crippen LogP contribution is -2.23. The number of hydrogen-bond donors (Lipinski definition) is 1. The van der Waals surface area contributed by atoms with E-state index in [1.807, 2.05) is 12.1 Å². The first-order valence-corrected chi connectivity index (χ1v) is 8.49. The van der Waals surface area contributed by atoms with Gasteiger partial charge in [0.15, 0.2) is 0 Å². The molecule has 0 saturated heterocycles. The van der Waals surface area contributed by atoms with Crippen molar-refractivity contribution in [1.82, 2.24) is 5.32 Å². The maximum Gasteiger partial charge on any atom is 0.0548 e. The predicted octanol–water partition coefficient (Wildman–Crippen LogP) is 5.76. The van der Waals surface area contributed by atoms with Crippen LogP contribution in [0.2, 0.25) is 5.02 Å². The van der Waals surface area contributed by atoms with Crippen LogP contribution in [0, 0.1) is 0 Å². The van der Waals surface area contributed by atoms with Crippen LogP contribution in [0.4, 0.5) is 0 Å². The van der Waals surface area contributed by atoms with Gasteiger partial charge in [-0.25, -0.2) is 0 Å². The Morgan fingerprint density at radius 2 is 1.95 bits per heavy atom. The molecule has 0 spiro atoms. The fourth-order valence-corrected chi connectivity index (χ4v) is 3.14. The summed E-state index contributed by atoms with van der Waals surface area (Å²) in [6, 6.07) is 14.8. The Kier molecular flexibility index (Phi) is 6.09. The average Bonchev–Trinajstić information content (AvgIpc) is 2.41. The summed E-state index contributed by atoms with van der Waals surface area (Å²) in [5, 5.41) is 4.28. The largest absolute Gasteiger partial charge is 0.310 e. The van der Waals surface area contributed by atoms with E-state index in [9.17, 15) is 0 Å². The van der Waals surface area contributed by atoms with E-state index in [-0.39, 0.29) is 6.04 Å². The number of benzene rings is 2. The van der Waals surface area contributed by atoms with Gasteiger partial charge in [-0.05, 0) is 64.3 Å². The smallest absolute Gasteiger partial charge is 0.0548 e. The number of rotatable bonds is 5. The molecule has 0 heterocycles. The minimum absolute atomic E-state index is 0.280. The highest BCUT2D eigenvalue weighted by Crippen LogP contribution is 2.28. The zero-order chi connectivity index (χ0) is 14.5. The highest BCUT2D eigenvalue weighted by atomic mass is 79.9. The molecule has 2 rings (SSSR count). The fourth-order valence-electron chi connectivity index (χ4n) is 2.18. The van der Waals surface area contributed by atoms with Gasteiger partial charge in [0.05, 0.1) is 5.02 Å². The lowest BCUT2D eigenvalue weighted by atomic mass is 9.99. The van der Waals surface area contributed by atoms with Crippen LogP contribution in [0.1, 0.15) is 24.1 Å². The monoisotopic (exact) mass is 415 g/mol. The number of hydrogen-bond acceptors (Lipinski definition) is 1. The molecule has 0 bridgehead atoms. The minimum atomic E-state index is 0.280. The molecule has 1 N–H and O–H groups in total. The third kappa shape index (κ3) is 4.32. The van der Waals surface area contributed by atoms with Crippen molar-refractivity contribution in [2.45, 2.75) is 19.4 Å². The second-order valence-corrected chi connectivity index (χ2v) is 6.80. The topological polar surface area (TPSA) is 12.0 Å². The summed E-state index contributed by atoms with van der Waals surface area (Å²) in [4.78, 5) is 0. The van der Waals surface area contributed by atoms with E-state index in [0.717, 1.165) is 26.9 Å². The summed E-state index contributed by atoms with van der Waals surface area (Å²) in [6.45, 7) is 3.05. The molecular weight excluding hydrogens is 401 g/mol. The van der Waals surface area contributed by atoms with Crippen LogP contribution < -0.4 is 5.32 Å². The SMILES string of the molecule is CCNC(Cc1cccc(Br)c1)c1ccc(Cl)c(Br)c1. The van der Waals surface area contributed by atoms with Gasteiger partial charge in [-0.2, -0.15) is 0 Å². The number of halogens is 3. The standard InChI is InChI=1S/C16H16Br2ClN/c1-2-20-16(9-11-4-3-5-13(17)8-11)12-6-7-15(19)14(18)10-12/h3-8,10,16,20H,2,9H2,1H3. The molecule has 2 aromatic carbocycles. The average molecular weight is 418 g/mol. The minimum Gasteiger partial charge on any atom is -0.310 e. The van der Waals surface area contributed by atoms with E-state index in [1.165, 1.54) is 11.1 Å². The summed E-state index contributed by atoms with van der Waals surface area (Å²) in [6.07, 6.45) is 0.946. The van der Waals surface area contributed by atoms with Crippen LogP contribution in [0.3, 0.4) is 0 Å². The summed E-state index contributed by atoms with van der Waals surface area (Å²) in [5.41, 5.74) is 2.54. The molecule has 0 aliphatic heterocycles. The first-order valence-electron chi connectivity index (χ1n) is 6.53. The Balaban J connectivity index is 2.24. The van der Waals surface area contributed by atoms with Crippen molar-refractivity contribution in [2.24, 2.45) is 0 Å². The van der Waals surface area contributed by atoms with Crippen molar-refractivity contribution in [3.05, 3.63) is 67.6 Å². The maximum atomic E-state index is 6.07. The molecule has 0 aliphatic rings. The van der Waals surface area contributed by atoms with Gasteiger partial charge < -0.3 is 5.32 Å². The number of likely N-dealkylation sites (N-methyl/N-ethyl adjacent to an activating group) is 1. The predicted molar refractivity (Wildman–Crippen MR) is 93.4 cm³/mol. The zero-order valence-electron chi connectivity index (χ0n) is 11.2. The molecule has 106 valence electrons. The van der Waals surface area contributed by atoms with E-state index < -0.39 is 0 Å². The van der Waals surface area contributed by atoms with Crippen LogP contribution in [-0.4, -0.2) is 6.54 Å². The van der Waals surface area contributed by atoms with Gasteiger partial charge >= 0.3 is 0 Å². The molecule has 0 saturated carbocycles. The molecule has 1 unspecified atom stereocenters. The summed E-state index contributed by atoms with van der Waals surface area (Å²) in [5.74, 6) is 0. The zero-order valence-corrected chi connectivity index (χ0v) is 15.1. The van der Waals surface area contributed by atoms with Gasteiger partial charge in [-0.15, -0.1) is 0 Å². The van der Waals surface area contributed by atoms with E-state index in [0.29, 0.717) is 0 Å². The van der Waals surface area contributed by atoms with Crippen molar-refractivity contribution in [1.29, 1.82) is 0 Å². The Labute approximate surface area is 142 Å². The number of nitrogens with one attached hydrogen (secondary N) is 1. The molecule has 2 aromatic rings. The molecule has 0 aromatic heterocycles. The summed E-state index contributed by atoms with van der Waals surface area (Å²) >= 11 is 13.1. The maximum absolute atomic E-state index is 6.07. The second-order valence-electron chi connectivity index (χ2n) is 4.62. The third-order valence-corrected chi connectivity index (χ3v) is 4.83. The molecule has 1 atom stereocenters. The summed E-state index contributed by atoms with van der Waals surface area (Å²) < 4.78 is 2.05. The first-order chi connectivity index (χ1) is 9.60. The van der Waals surface area contributed by atoms with Crippen molar-refractivity contribution >= 4 is 43.5 Å². The molecule has 0 fully saturated rings. The van der Waals surface area contributed by atoms with Crippen molar-refractivity contribution in [3.63, 3.8) is 0 Å².